The molecule has 4 atom stereocenters. The first-order valence-corrected chi connectivity index (χ1v) is 5.72. The van der Waals surface area contributed by atoms with Gasteiger partial charge in [-0.15, -0.1) is 0 Å². The number of rotatable bonds is 0. The predicted molar refractivity (Wildman–Crippen MR) is 50.3 cm³/mol. The second kappa shape index (κ2) is 2.41. The van der Waals surface area contributed by atoms with Crippen LogP contribution < -0.4 is 0 Å². The average Bonchev–Trinajstić information content (AvgIpc) is 2.67. The van der Waals surface area contributed by atoms with E-state index in [4.69, 9.17) is 0 Å². The lowest BCUT2D eigenvalue weighted by Gasteiger charge is -2.23. The first-order valence-electron chi connectivity index (χ1n) is 5.72. The molecule has 0 aromatic carbocycles. The van der Waals surface area contributed by atoms with Gasteiger partial charge in [-0.2, -0.15) is 20.5 Å². The topological polar surface area (TPSA) is 49.4 Å². The van der Waals surface area contributed by atoms with Crippen LogP contribution in [0.25, 0.3) is 0 Å². The van der Waals surface area contributed by atoms with E-state index in [1.54, 1.807) is 0 Å². The van der Waals surface area contributed by atoms with Crippen LogP contribution in [0.3, 0.4) is 0 Å². The number of azo groups is 2. The molecule has 2 saturated carbocycles. The molecular weight excluding hydrogens is 176 g/mol. The summed E-state index contributed by atoms with van der Waals surface area (Å²) in [4.78, 5) is 0. The lowest BCUT2D eigenvalue weighted by Crippen LogP contribution is -2.32. The Hall–Kier alpha value is -0.800. The standard InChI is InChI=1S/C10H14N4/c1-2-6-9-3-7-5(1)8(12-11-7)4-10(6)14-13-9/h5-10H,1-4H2. The Bertz CT molecular complexity index is 268. The molecule has 0 aromatic heterocycles. The van der Waals surface area contributed by atoms with Gasteiger partial charge in [-0.3, -0.25) is 0 Å². The van der Waals surface area contributed by atoms with E-state index in [-0.39, 0.29) is 0 Å². The molecule has 74 valence electrons. The number of nitrogens with zero attached hydrogens (tertiary/aromatic N) is 4. The van der Waals surface area contributed by atoms with E-state index in [2.05, 4.69) is 20.5 Å². The van der Waals surface area contributed by atoms with E-state index in [0.717, 1.165) is 24.7 Å². The van der Waals surface area contributed by atoms with Crippen molar-refractivity contribution in [1.82, 2.24) is 0 Å². The van der Waals surface area contributed by atoms with Crippen LogP contribution in [-0.4, -0.2) is 24.2 Å². The summed E-state index contributed by atoms with van der Waals surface area (Å²) in [5.74, 6) is 1.46. The van der Waals surface area contributed by atoms with Gasteiger partial charge in [-0.25, -0.2) is 0 Å². The van der Waals surface area contributed by atoms with E-state index in [1.807, 2.05) is 0 Å². The van der Waals surface area contributed by atoms with Crippen LogP contribution in [-0.2, 0) is 0 Å². The van der Waals surface area contributed by atoms with Crippen LogP contribution in [0.4, 0.5) is 0 Å². The fourth-order valence-corrected chi connectivity index (χ4v) is 3.73. The number of fused-ring (bicyclic) bond motifs is 1. The molecule has 0 radical (unpaired) electrons. The monoisotopic (exact) mass is 190 g/mol. The first kappa shape index (κ1) is 7.49. The zero-order valence-electron chi connectivity index (χ0n) is 8.08. The van der Waals surface area contributed by atoms with Crippen molar-refractivity contribution in [2.45, 2.75) is 49.9 Å². The van der Waals surface area contributed by atoms with Crippen molar-refractivity contribution in [3.8, 4) is 0 Å². The van der Waals surface area contributed by atoms with E-state index < -0.39 is 0 Å². The van der Waals surface area contributed by atoms with Crippen LogP contribution in [0, 0.1) is 11.8 Å². The summed E-state index contributed by atoms with van der Waals surface area (Å²) in [5, 5.41) is 17.8. The maximum absolute atomic E-state index is 4.44. The third kappa shape index (κ3) is 0.799. The summed E-state index contributed by atoms with van der Waals surface area (Å²) in [5.41, 5.74) is 0. The molecule has 2 aliphatic heterocycles. The largest absolute Gasteiger partial charge is 0.190 e. The molecule has 4 rings (SSSR count). The minimum absolute atomic E-state index is 0.480. The highest BCUT2D eigenvalue weighted by atomic mass is 15.3. The zero-order chi connectivity index (χ0) is 9.12. The smallest absolute Gasteiger partial charge is 0.0778 e. The molecule has 4 unspecified atom stereocenters. The highest BCUT2D eigenvalue weighted by molar-refractivity contribution is 5.06. The summed E-state index contributed by atoms with van der Waals surface area (Å²) in [6.07, 6.45) is 4.86. The lowest BCUT2D eigenvalue weighted by atomic mass is 9.83. The van der Waals surface area contributed by atoms with Gasteiger partial charge < -0.3 is 0 Å². The summed E-state index contributed by atoms with van der Waals surface area (Å²) < 4.78 is 0. The molecule has 0 spiro atoms. The second-order valence-corrected chi connectivity index (χ2v) is 5.11. The predicted octanol–water partition coefficient (Wildman–Crippen LogP) is 2.21. The Labute approximate surface area is 82.9 Å². The van der Waals surface area contributed by atoms with Crippen molar-refractivity contribution in [1.29, 1.82) is 0 Å². The second-order valence-electron chi connectivity index (χ2n) is 5.11. The Kier molecular flexibility index (Phi) is 1.29. The molecule has 0 aromatic rings. The minimum atomic E-state index is 0.480. The summed E-state index contributed by atoms with van der Waals surface area (Å²) >= 11 is 0. The van der Waals surface area contributed by atoms with Crippen molar-refractivity contribution < 1.29 is 0 Å². The molecule has 2 heterocycles. The van der Waals surface area contributed by atoms with Gasteiger partial charge in [-0.1, -0.05) is 0 Å². The Balaban J connectivity index is 1.82. The maximum Gasteiger partial charge on any atom is 0.0778 e. The molecular formula is C10H14N4. The number of hydrogen-bond donors (Lipinski definition) is 0. The highest BCUT2D eigenvalue weighted by Crippen LogP contribution is 2.47. The molecule has 14 heavy (non-hydrogen) atoms. The Morgan fingerprint density at radius 3 is 1.29 bits per heavy atom. The van der Waals surface area contributed by atoms with Crippen molar-refractivity contribution in [2.24, 2.45) is 32.3 Å². The molecule has 4 heteroatoms. The quantitative estimate of drug-likeness (QED) is 0.562. The molecule has 2 aliphatic carbocycles. The lowest BCUT2D eigenvalue weighted by molar-refractivity contribution is 0.334. The van der Waals surface area contributed by atoms with Gasteiger partial charge >= 0.3 is 0 Å². The Morgan fingerprint density at radius 1 is 0.571 bits per heavy atom. The van der Waals surface area contributed by atoms with Gasteiger partial charge in [-0.05, 0) is 25.7 Å². The fraction of sp³-hybridized carbons (Fsp3) is 1.00. The van der Waals surface area contributed by atoms with Gasteiger partial charge in [0.2, 0.25) is 0 Å². The zero-order valence-corrected chi connectivity index (χ0v) is 8.08. The van der Waals surface area contributed by atoms with E-state index in [0.29, 0.717) is 24.2 Å². The molecule has 4 aliphatic rings. The van der Waals surface area contributed by atoms with Gasteiger partial charge in [0, 0.05) is 11.8 Å². The van der Waals surface area contributed by atoms with Gasteiger partial charge in [0.1, 0.15) is 0 Å². The van der Waals surface area contributed by atoms with Gasteiger partial charge in [0.05, 0.1) is 24.2 Å². The average molecular weight is 190 g/mol. The maximum atomic E-state index is 4.44. The van der Waals surface area contributed by atoms with Crippen molar-refractivity contribution >= 4 is 0 Å². The molecule has 0 N–H and O–H groups in total. The van der Waals surface area contributed by atoms with E-state index >= 15 is 0 Å². The summed E-state index contributed by atoms with van der Waals surface area (Å²) in [6, 6.07) is 1.92. The van der Waals surface area contributed by atoms with Crippen LogP contribution >= 0.6 is 0 Å². The van der Waals surface area contributed by atoms with Crippen molar-refractivity contribution in [2.75, 3.05) is 0 Å². The van der Waals surface area contributed by atoms with Crippen LogP contribution in [0.5, 0.6) is 0 Å². The molecule has 0 amide bonds. The molecule has 2 bridgehead atoms. The first-order chi connectivity index (χ1) is 6.92. The fourth-order valence-electron chi connectivity index (χ4n) is 3.73. The summed E-state index contributed by atoms with van der Waals surface area (Å²) in [7, 11) is 0. The van der Waals surface area contributed by atoms with Crippen molar-refractivity contribution in [3.63, 3.8) is 0 Å². The SMILES string of the molecule is C1C2N=NC3CC4N=NC1C4CCC23. The van der Waals surface area contributed by atoms with Crippen LogP contribution in [0.2, 0.25) is 0 Å². The van der Waals surface area contributed by atoms with E-state index in [9.17, 15) is 0 Å². The van der Waals surface area contributed by atoms with Gasteiger partial charge in [0.25, 0.3) is 0 Å². The molecule has 4 nitrogen and oxygen atoms in total. The van der Waals surface area contributed by atoms with E-state index in [1.165, 1.54) is 12.8 Å². The Morgan fingerprint density at radius 2 is 0.929 bits per heavy atom. The third-order valence-electron chi connectivity index (χ3n) is 4.50. The normalized spacial score (nSPS) is 57.7. The minimum Gasteiger partial charge on any atom is -0.190 e. The summed E-state index contributed by atoms with van der Waals surface area (Å²) in [6.45, 7) is 0. The molecule has 2 fully saturated rings. The van der Waals surface area contributed by atoms with Gasteiger partial charge in [0.15, 0.2) is 0 Å². The highest BCUT2D eigenvalue weighted by Gasteiger charge is 2.49. The van der Waals surface area contributed by atoms with Crippen LogP contribution in [0.1, 0.15) is 25.7 Å². The third-order valence-corrected chi connectivity index (χ3v) is 4.50. The molecule has 0 saturated heterocycles. The van der Waals surface area contributed by atoms with Crippen LogP contribution in [0.15, 0.2) is 20.5 Å². The van der Waals surface area contributed by atoms with Crippen molar-refractivity contribution in [3.05, 3.63) is 0 Å². The number of hydrogen-bond acceptors (Lipinski definition) is 4.